The van der Waals surface area contributed by atoms with E-state index in [0.29, 0.717) is 12.2 Å². The molecule has 0 heterocycles. The number of aryl methyl sites for hydroxylation is 1. The average molecular weight is 228 g/mol. The van der Waals surface area contributed by atoms with Gasteiger partial charge in [0.2, 0.25) is 0 Å². The number of halogens is 1. The maximum absolute atomic E-state index is 9.87. The molecule has 0 radical (unpaired) electrons. The van der Waals surface area contributed by atoms with E-state index in [-0.39, 0.29) is 18.4 Å². The number of phenols is 1. The number of hydrogen-bond acceptors (Lipinski definition) is 2. The number of para-hydroxylation sites is 1. The molecule has 1 rings (SSSR count). The zero-order valence-corrected chi connectivity index (χ0v) is 9.76. The molecule has 0 saturated heterocycles. The molecule has 0 aliphatic carbocycles. The van der Waals surface area contributed by atoms with Gasteiger partial charge in [0, 0.05) is 11.6 Å². The zero-order chi connectivity index (χ0) is 10.6. The van der Waals surface area contributed by atoms with E-state index in [1.54, 1.807) is 6.08 Å². The smallest absolute Gasteiger partial charge is 0.123 e. The summed E-state index contributed by atoms with van der Waals surface area (Å²) in [7, 11) is 0. The van der Waals surface area contributed by atoms with Crippen molar-refractivity contribution < 1.29 is 5.11 Å². The molecule has 1 aromatic carbocycles. The molecule has 1 atom stereocenters. The molecule has 0 amide bonds. The van der Waals surface area contributed by atoms with Gasteiger partial charge in [0.1, 0.15) is 5.75 Å². The Hall–Kier alpha value is -0.990. The minimum Gasteiger partial charge on any atom is -0.507 e. The van der Waals surface area contributed by atoms with Crippen LogP contribution in [-0.2, 0) is 6.42 Å². The summed E-state index contributed by atoms with van der Waals surface area (Å²) < 4.78 is 0. The fourth-order valence-corrected chi connectivity index (χ4v) is 1.50. The fourth-order valence-electron chi connectivity index (χ4n) is 1.50. The predicted octanol–water partition coefficient (Wildman–Crippen LogP) is 2.95. The van der Waals surface area contributed by atoms with E-state index in [4.69, 9.17) is 5.73 Å². The lowest BCUT2D eigenvalue weighted by Gasteiger charge is -2.13. The van der Waals surface area contributed by atoms with Crippen molar-refractivity contribution in [1.29, 1.82) is 0 Å². The van der Waals surface area contributed by atoms with Crippen molar-refractivity contribution in [2.45, 2.75) is 25.8 Å². The van der Waals surface area contributed by atoms with Crippen LogP contribution in [-0.4, -0.2) is 5.11 Å². The first-order chi connectivity index (χ1) is 6.70. The summed E-state index contributed by atoms with van der Waals surface area (Å²) in [6.45, 7) is 5.65. The molecule has 3 N–H and O–H groups in total. The summed E-state index contributed by atoms with van der Waals surface area (Å²) in [5, 5.41) is 9.87. The second-order valence-corrected chi connectivity index (χ2v) is 3.34. The predicted molar refractivity (Wildman–Crippen MR) is 66.5 cm³/mol. The molecule has 0 aromatic heterocycles. The molecule has 0 fully saturated rings. The largest absolute Gasteiger partial charge is 0.507 e. The molecule has 0 aliphatic heterocycles. The minimum atomic E-state index is -0.154. The molecule has 15 heavy (non-hydrogen) atoms. The Labute approximate surface area is 97.2 Å². The summed E-state index contributed by atoms with van der Waals surface area (Å²) in [5.41, 5.74) is 7.65. The summed E-state index contributed by atoms with van der Waals surface area (Å²) in [5.74, 6) is 0.337. The summed E-state index contributed by atoms with van der Waals surface area (Å²) in [4.78, 5) is 0. The molecular formula is C12H18ClNO. The van der Waals surface area contributed by atoms with Crippen LogP contribution in [0.25, 0.3) is 0 Å². The molecule has 84 valence electrons. The highest BCUT2D eigenvalue weighted by atomic mass is 35.5. The molecule has 0 saturated carbocycles. The van der Waals surface area contributed by atoms with Crippen molar-refractivity contribution in [2.75, 3.05) is 0 Å². The second-order valence-electron chi connectivity index (χ2n) is 3.34. The topological polar surface area (TPSA) is 46.2 Å². The molecule has 0 bridgehead atoms. The van der Waals surface area contributed by atoms with Crippen molar-refractivity contribution >= 4 is 12.4 Å². The number of nitrogens with two attached hydrogens (primary N) is 1. The van der Waals surface area contributed by atoms with Crippen molar-refractivity contribution in [1.82, 2.24) is 0 Å². The van der Waals surface area contributed by atoms with Gasteiger partial charge >= 0.3 is 0 Å². The molecular weight excluding hydrogens is 210 g/mol. The summed E-state index contributed by atoms with van der Waals surface area (Å²) in [6, 6.07) is 5.55. The fraction of sp³-hybridized carbons (Fsp3) is 0.333. The Morgan fingerprint density at radius 2 is 2.20 bits per heavy atom. The van der Waals surface area contributed by atoms with Crippen molar-refractivity contribution in [2.24, 2.45) is 5.73 Å². The van der Waals surface area contributed by atoms with E-state index >= 15 is 0 Å². The van der Waals surface area contributed by atoms with Gasteiger partial charge in [0.15, 0.2) is 0 Å². The third-order valence-electron chi connectivity index (χ3n) is 2.35. The van der Waals surface area contributed by atoms with Crippen LogP contribution < -0.4 is 5.73 Å². The maximum Gasteiger partial charge on any atom is 0.123 e. The lowest BCUT2D eigenvalue weighted by molar-refractivity contribution is 0.455. The van der Waals surface area contributed by atoms with E-state index in [1.807, 2.05) is 25.1 Å². The minimum absolute atomic E-state index is 0. The van der Waals surface area contributed by atoms with Gasteiger partial charge in [0.05, 0.1) is 0 Å². The lowest BCUT2D eigenvalue weighted by Crippen LogP contribution is -2.09. The van der Waals surface area contributed by atoms with Crippen LogP contribution in [0.5, 0.6) is 5.75 Å². The number of hydrogen-bond donors (Lipinski definition) is 2. The Bertz CT molecular complexity index is 325. The molecule has 0 aliphatic rings. The number of rotatable bonds is 4. The van der Waals surface area contributed by atoms with E-state index in [1.165, 1.54) is 0 Å². The van der Waals surface area contributed by atoms with Crippen LogP contribution in [0.2, 0.25) is 0 Å². The van der Waals surface area contributed by atoms with Gasteiger partial charge < -0.3 is 10.8 Å². The number of benzene rings is 1. The summed E-state index contributed by atoms with van der Waals surface area (Å²) in [6.07, 6.45) is 3.27. The van der Waals surface area contributed by atoms with Crippen LogP contribution in [0.1, 0.15) is 30.5 Å². The lowest BCUT2D eigenvalue weighted by atomic mass is 9.99. The Morgan fingerprint density at radius 1 is 1.53 bits per heavy atom. The van der Waals surface area contributed by atoms with Gasteiger partial charge in [-0.15, -0.1) is 19.0 Å². The normalized spacial score (nSPS) is 11.6. The Morgan fingerprint density at radius 3 is 2.73 bits per heavy atom. The van der Waals surface area contributed by atoms with Gasteiger partial charge in [-0.05, 0) is 18.4 Å². The average Bonchev–Trinajstić information content (AvgIpc) is 2.18. The van der Waals surface area contributed by atoms with Crippen molar-refractivity contribution in [3.63, 3.8) is 0 Å². The summed E-state index contributed by atoms with van der Waals surface area (Å²) >= 11 is 0. The van der Waals surface area contributed by atoms with Gasteiger partial charge in [-0.25, -0.2) is 0 Å². The Kier molecular flexibility index (Phi) is 6.06. The van der Waals surface area contributed by atoms with Crippen molar-refractivity contribution in [3.05, 3.63) is 42.0 Å². The first kappa shape index (κ1) is 14.0. The van der Waals surface area contributed by atoms with Crippen LogP contribution >= 0.6 is 12.4 Å². The van der Waals surface area contributed by atoms with Crippen molar-refractivity contribution in [3.8, 4) is 5.75 Å². The van der Waals surface area contributed by atoms with Crippen LogP contribution in [0.15, 0.2) is 30.9 Å². The molecule has 0 unspecified atom stereocenters. The van der Waals surface area contributed by atoms with Gasteiger partial charge in [-0.3, -0.25) is 0 Å². The molecule has 1 aromatic rings. The van der Waals surface area contributed by atoms with E-state index in [9.17, 15) is 5.11 Å². The third kappa shape index (κ3) is 3.26. The monoisotopic (exact) mass is 227 g/mol. The van der Waals surface area contributed by atoms with Gasteiger partial charge in [-0.2, -0.15) is 0 Å². The van der Waals surface area contributed by atoms with Crippen LogP contribution in [0.4, 0.5) is 0 Å². The first-order valence-corrected chi connectivity index (χ1v) is 4.88. The second kappa shape index (κ2) is 6.49. The highest BCUT2D eigenvalue weighted by Gasteiger charge is 2.11. The molecule has 0 spiro atoms. The van der Waals surface area contributed by atoms with E-state index in [2.05, 4.69) is 6.58 Å². The number of phenolic OH excluding ortho intramolecular Hbond substituents is 1. The first-order valence-electron chi connectivity index (χ1n) is 4.88. The van der Waals surface area contributed by atoms with Gasteiger partial charge in [-0.1, -0.05) is 31.2 Å². The standard InChI is InChI=1S/C12H17NO.ClH/c1-3-6-11(13)10-8-5-7-9(4-2)12(10)14;/h3,5,7-8,11,14H,1,4,6,13H2,2H3;1H/t11-;/m0./s1. The van der Waals surface area contributed by atoms with Crippen LogP contribution in [0, 0.1) is 0 Å². The third-order valence-corrected chi connectivity index (χ3v) is 2.35. The molecule has 3 heteroatoms. The van der Waals surface area contributed by atoms with E-state index < -0.39 is 0 Å². The van der Waals surface area contributed by atoms with E-state index in [0.717, 1.165) is 17.5 Å². The molecule has 2 nitrogen and oxygen atoms in total. The van der Waals surface area contributed by atoms with Crippen LogP contribution in [0.3, 0.4) is 0 Å². The highest BCUT2D eigenvalue weighted by Crippen LogP contribution is 2.28. The van der Waals surface area contributed by atoms with Gasteiger partial charge in [0.25, 0.3) is 0 Å². The Balaban J connectivity index is 0.00000196. The number of aromatic hydroxyl groups is 1. The highest BCUT2D eigenvalue weighted by molar-refractivity contribution is 5.85. The quantitative estimate of drug-likeness (QED) is 0.777. The zero-order valence-electron chi connectivity index (χ0n) is 8.94. The SMILES string of the molecule is C=CC[C@H](N)c1cccc(CC)c1O.Cl. The maximum atomic E-state index is 9.87.